The fraction of sp³-hybridized carbons (Fsp3) is 0.667. The Hall–Kier alpha value is 0.959. The van der Waals surface area contributed by atoms with Crippen LogP contribution in [0, 0.1) is 0 Å². The van der Waals surface area contributed by atoms with Crippen molar-refractivity contribution in [3.63, 3.8) is 0 Å². The SMILES string of the molecule is CS[CH]([Cu])C=S. The van der Waals surface area contributed by atoms with Crippen molar-refractivity contribution in [2.24, 2.45) is 0 Å². The summed E-state index contributed by atoms with van der Waals surface area (Å²) in [6.07, 6.45) is 1.94. The zero-order chi connectivity index (χ0) is 4.99. The van der Waals surface area contributed by atoms with Crippen molar-refractivity contribution in [2.75, 3.05) is 6.26 Å². The second-order valence-corrected chi connectivity index (χ2v) is 2.82. The van der Waals surface area contributed by atoms with E-state index in [1.807, 2.05) is 6.26 Å². The number of rotatable bonds is 2. The molecule has 0 aromatic rings. The van der Waals surface area contributed by atoms with Crippen LogP contribution in [-0.4, -0.2) is 15.8 Å². The second-order valence-electron chi connectivity index (χ2n) is 0.679. The summed E-state index contributed by atoms with van der Waals surface area (Å²) in [5.41, 5.74) is 0. The molecular weight excluding hydrogens is 164 g/mol. The van der Waals surface area contributed by atoms with Crippen molar-refractivity contribution in [3.05, 3.63) is 0 Å². The van der Waals surface area contributed by atoms with Crippen molar-refractivity contribution in [3.8, 4) is 0 Å². The van der Waals surface area contributed by atoms with Crippen molar-refractivity contribution < 1.29 is 16.0 Å². The Labute approximate surface area is 55.9 Å². The fourth-order valence-electron chi connectivity index (χ4n) is 0.0556. The molecule has 0 radical (unpaired) electrons. The zero-order valence-electron chi connectivity index (χ0n) is 3.27. The van der Waals surface area contributed by atoms with Crippen LogP contribution in [0.3, 0.4) is 0 Å². The molecule has 0 nitrogen and oxygen atoms in total. The summed E-state index contributed by atoms with van der Waals surface area (Å²) in [5, 5.41) is 1.57. The van der Waals surface area contributed by atoms with Gasteiger partial charge in [-0.1, -0.05) is 0 Å². The van der Waals surface area contributed by atoms with Gasteiger partial charge in [-0.3, -0.25) is 0 Å². The van der Waals surface area contributed by atoms with Crippen molar-refractivity contribution in [1.29, 1.82) is 0 Å². The Morgan fingerprint density at radius 3 is 2.50 bits per heavy atom. The van der Waals surface area contributed by atoms with Crippen LogP contribution in [0.1, 0.15) is 0 Å². The number of thiocarbonyl (C=S) groups is 1. The summed E-state index contributed by atoms with van der Waals surface area (Å²) in [4.78, 5) is 0. The maximum absolute atomic E-state index is 4.88. The van der Waals surface area contributed by atoms with Crippen LogP contribution in [0.25, 0.3) is 0 Å². The molecule has 0 heterocycles. The average molecular weight is 169 g/mol. The predicted molar refractivity (Wildman–Crippen MR) is 31.0 cm³/mol. The van der Waals surface area contributed by atoms with Gasteiger partial charge in [0.2, 0.25) is 0 Å². The zero-order valence-corrected chi connectivity index (χ0v) is 5.85. The van der Waals surface area contributed by atoms with Crippen LogP contribution in [0.15, 0.2) is 0 Å². The molecule has 0 rings (SSSR count). The molecule has 0 amide bonds. The van der Waals surface area contributed by atoms with E-state index < -0.39 is 0 Å². The normalized spacial score (nSPS) is 13.8. The van der Waals surface area contributed by atoms with Gasteiger partial charge < -0.3 is 0 Å². The fourth-order valence-corrected chi connectivity index (χ4v) is 0.500. The van der Waals surface area contributed by atoms with E-state index in [-0.39, 0.29) is 4.15 Å². The molecule has 3 heteroatoms. The van der Waals surface area contributed by atoms with Gasteiger partial charge in [-0.15, -0.1) is 0 Å². The quantitative estimate of drug-likeness (QED) is 0.450. The molecule has 0 fully saturated rings. The van der Waals surface area contributed by atoms with E-state index in [9.17, 15) is 0 Å². The molecule has 1 unspecified atom stereocenters. The third-order valence-corrected chi connectivity index (χ3v) is 2.29. The van der Waals surface area contributed by atoms with E-state index >= 15 is 0 Å². The van der Waals surface area contributed by atoms with Gasteiger partial charge in [-0.25, -0.2) is 0 Å². The summed E-state index contributed by atoms with van der Waals surface area (Å²) in [6, 6.07) is 0. The van der Waals surface area contributed by atoms with Crippen LogP contribution >= 0.6 is 24.0 Å². The minimum absolute atomic E-state index is 0.104. The Balaban J connectivity index is 2.96. The first kappa shape index (κ1) is 6.96. The first-order chi connectivity index (χ1) is 2.81. The molecule has 0 aromatic carbocycles. The molecule has 0 saturated heterocycles. The topological polar surface area (TPSA) is 0 Å². The molecule has 6 heavy (non-hydrogen) atoms. The third kappa shape index (κ3) is 3.16. The minimum atomic E-state index is 0.104. The Morgan fingerprint density at radius 1 is 2.00 bits per heavy atom. The summed E-state index contributed by atoms with van der Waals surface area (Å²) >= 11 is 11.0. The van der Waals surface area contributed by atoms with Gasteiger partial charge in [0, 0.05) is 0 Å². The molecule has 0 N–H and O–H groups in total. The van der Waals surface area contributed by atoms with Crippen LogP contribution in [0.2, 0.25) is 0 Å². The van der Waals surface area contributed by atoms with Gasteiger partial charge in [0.1, 0.15) is 0 Å². The number of hydrogen-bond acceptors (Lipinski definition) is 2. The molecule has 0 saturated carbocycles. The molecule has 0 spiro atoms. The molecule has 1 atom stereocenters. The summed E-state index contributed by atoms with van der Waals surface area (Å²) in [5.74, 6) is 0. The van der Waals surface area contributed by atoms with Crippen LogP contribution < -0.4 is 0 Å². The summed E-state index contributed by atoms with van der Waals surface area (Å²) in [7, 11) is 0. The van der Waals surface area contributed by atoms with Crippen molar-refractivity contribution >= 4 is 29.3 Å². The van der Waals surface area contributed by atoms with Crippen molar-refractivity contribution in [2.45, 2.75) is 4.15 Å². The second kappa shape index (κ2) is 4.13. The third-order valence-electron chi connectivity index (χ3n) is 0.304. The van der Waals surface area contributed by atoms with E-state index in [0.29, 0.717) is 0 Å². The Bertz CT molecular complexity index is 46.1. The van der Waals surface area contributed by atoms with Crippen LogP contribution in [0.4, 0.5) is 0 Å². The number of thioether (sulfide) groups is 1. The van der Waals surface area contributed by atoms with Gasteiger partial charge in [-0.05, 0) is 0 Å². The van der Waals surface area contributed by atoms with Gasteiger partial charge in [0.05, 0.1) is 0 Å². The molecular formula is C3H5CuS2. The molecule has 0 aliphatic heterocycles. The van der Waals surface area contributed by atoms with Crippen molar-refractivity contribution in [1.82, 2.24) is 0 Å². The predicted octanol–water partition coefficient (Wildman–Crippen LogP) is 1.22. The van der Waals surface area contributed by atoms with Crippen LogP contribution in [-0.2, 0) is 16.0 Å². The summed E-state index contributed by atoms with van der Waals surface area (Å²) in [6.45, 7) is 0. The standard InChI is InChI=1S/C3H5S2.Cu/c1-5-3-2-4;/h2-3H,1H3;. The molecule has 0 aliphatic rings. The van der Waals surface area contributed by atoms with Crippen LogP contribution in [0.5, 0.6) is 0 Å². The van der Waals surface area contributed by atoms with E-state index in [2.05, 4.69) is 12.2 Å². The first-order valence-corrected chi connectivity index (χ1v) is 3.69. The molecule has 0 aliphatic carbocycles. The molecule has 0 bridgehead atoms. The Kier molecular flexibility index (Phi) is 4.79. The average Bonchev–Trinajstić information content (AvgIpc) is 1.65. The van der Waals surface area contributed by atoms with E-state index in [1.165, 1.54) is 0 Å². The number of hydrogen-bond donors (Lipinski definition) is 0. The Morgan fingerprint density at radius 2 is 2.50 bits per heavy atom. The van der Waals surface area contributed by atoms with Gasteiger partial charge >= 0.3 is 55.8 Å². The first-order valence-electron chi connectivity index (χ1n) is 1.39. The monoisotopic (exact) mass is 168 g/mol. The maximum atomic E-state index is 4.88. The van der Waals surface area contributed by atoms with Gasteiger partial charge in [0.25, 0.3) is 0 Å². The van der Waals surface area contributed by atoms with E-state index in [4.69, 9.17) is 16.0 Å². The summed E-state index contributed by atoms with van der Waals surface area (Å²) < 4.78 is 0.104. The molecule has 40 valence electrons. The van der Waals surface area contributed by atoms with Gasteiger partial charge in [-0.2, -0.15) is 0 Å². The van der Waals surface area contributed by atoms with Gasteiger partial charge in [0.15, 0.2) is 0 Å². The van der Waals surface area contributed by atoms with E-state index in [0.717, 1.165) is 0 Å². The molecule has 0 aromatic heterocycles. The van der Waals surface area contributed by atoms with E-state index in [1.54, 1.807) is 17.1 Å².